The van der Waals surface area contributed by atoms with Crippen molar-refractivity contribution in [1.29, 1.82) is 0 Å². The molecule has 0 unspecified atom stereocenters. The molecule has 0 saturated heterocycles. The van der Waals surface area contributed by atoms with E-state index in [0.29, 0.717) is 24.7 Å². The molecular weight excluding hydrogens is 334 g/mol. The number of aryl methyl sites for hydroxylation is 1. The molecule has 1 amide bonds. The Kier molecular flexibility index (Phi) is 7.02. The number of nitrogens with one attached hydrogen (secondary N) is 1. The third-order valence-corrected chi connectivity index (χ3v) is 3.64. The maximum Gasteiger partial charge on any atom is 0.338 e. The molecule has 2 aromatic carbocycles. The second-order valence-electron chi connectivity index (χ2n) is 5.64. The summed E-state index contributed by atoms with van der Waals surface area (Å²) in [5.74, 6) is 0.0150. The lowest BCUT2D eigenvalue weighted by atomic mass is 10.1. The van der Waals surface area contributed by atoms with E-state index in [1.54, 1.807) is 12.1 Å². The van der Waals surface area contributed by atoms with Crippen LogP contribution in [0.1, 0.15) is 28.4 Å². The number of rotatable bonds is 8. The maximum absolute atomic E-state index is 12.1. The van der Waals surface area contributed by atoms with Gasteiger partial charge in [-0.05, 0) is 37.6 Å². The zero-order chi connectivity index (χ0) is 18.9. The molecule has 6 heteroatoms. The summed E-state index contributed by atoms with van der Waals surface area (Å²) in [6, 6.07) is 12.6. The van der Waals surface area contributed by atoms with Crippen molar-refractivity contribution in [2.75, 3.05) is 20.3 Å². The van der Waals surface area contributed by atoms with E-state index in [9.17, 15) is 9.59 Å². The molecule has 0 saturated carbocycles. The smallest absolute Gasteiger partial charge is 0.338 e. The number of carbonyl (C=O) groups excluding carboxylic acids is 2. The Bertz CT molecular complexity index is 755. The Morgan fingerprint density at radius 2 is 1.77 bits per heavy atom. The number of hydrogen-bond acceptors (Lipinski definition) is 5. The van der Waals surface area contributed by atoms with E-state index in [1.165, 1.54) is 13.2 Å². The van der Waals surface area contributed by atoms with Gasteiger partial charge in [-0.15, -0.1) is 0 Å². The first kappa shape index (κ1) is 19.3. The zero-order valence-electron chi connectivity index (χ0n) is 15.2. The van der Waals surface area contributed by atoms with Gasteiger partial charge < -0.3 is 19.5 Å². The fourth-order valence-corrected chi connectivity index (χ4v) is 2.24. The second-order valence-corrected chi connectivity index (χ2v) is 5.64. The van der Waals surface area contributed by atoms with Gasteiger partial charge in [0, 0.05) is 6.54 Å². The van der Waals surface area contributed by atoms with E-state index >= 15 is 0 Å². The van der Waals surface area contributed by atoms with E-state index in [1.807, 2.05) is 38.1 Å². The van der Waals surface area contributed by atoms with E-state index < -0.39 is 5.97 Å². The molecule has 0 aliphatic carbocycles. The molecule has 26 heavy (non-hydrogen) atoms. The lowest BCUT2D eigenvalue weighted by Crippen LogP contribution is -2.28. The lowest BCUT2D eigenvalue weighted by molar-refractivity contribution is -0.124. The first-order valence-electron chi connectivity index (χ1n) is 8.33. The van der Waals surface area contributed by atoms with Crippen LogP contribution in [0.4, 0.5) is 0 Å². The van der Waals surface area contributed by atoms with Crippen LogP contribution in [0.5, 0.6) is 11.5 Å². The molecule has 0 atom stereocenters. The topological polar surface area (TPSA) is 73.9 Å². The van der Waals surface area contributed by atoms with Crippen molar-refractivity contribution in [3.63, 3.8) is 0 Å². The highest BCUT2D eigenvalue weighted by molar-refractivity contribution is 5.92. The minimum Gasteiger partial charge on any atom is -0.493 e. The fraction of sp³-hybridized carbons (Fsp3) is 0.300. The summed E-state index contributed by atoms with van der Waals surface area (Å²) in [7, 11) is 1.49. The van der Waals surface area contributed by atoms with E-state index in [4.69, 9.17) is 14.2 Å². The summed E-state index contributed by atoms with van der Waals surface area (Å²) in [5, 5.41) is 2.71. The third kappa shape index (κ3) is 5.51. The highest BCUT2D eigenvalue weighted by atomic mass is 16.5. The summed E-state index contributed by atoms with van der Waals surface area (Å²) in [6.45, 7) is 4.38. The Labute approximate surface area is 153 Å². The minimum atomic E-state index is -0.600. The monoisotopic (exact) mass is 357 g/mol. The van der Waals surface area contributed by atoms with Crippen molar-refractivity contribution in [1.82, 2.24) is 5.32 Å². The highest BCUT2D eigenvalue weighted by Gasteiger charge is 2.13. The van der Waals surface area contributed by atoms with Crippen molar-refractivity contribution >= 4 is 11.9 Å². The molecule has 0 heterocycles. The molecule has 2 rings (SSSR count). The second kappa shape index (κ2) is 9.46. The fourth-order valence-electron chi connectivity index (χ4n) is 2.24. The molecule has 0 spiro atoms. The van der Waals surface area contributed by atoms with Crippen LogP contribution >= 0.6 is 0 Å². The molecule has 1 N–H and O–H groups in total. The molecule has 6 nitrogen and oxygen atoms in total. The normalized spacial score (nSPS) is 10.1. The largest absolute Gasteiger partial charge is 0.493 e. The maximum atomic E-state index is 12.1. The summed E-state index contributed by atoms with van der Waals surface area (Å²) in [5.41, 5.74) is 2.42. The number of methoxy groups -OCH3 is 1. The number of ether oxygens (including phenoxy) is 3. The van der Waals surface area contributed by atoms with Gasteiger partial charge in [-0.25, -0.2) is 4.79 Å². The summed E-state index contributed by atoms with van der Waals surface area (Å²) in [6.07, 6.45) is 0. The van der Waals surface area contributed by atoms with Crippen LogP contribution in [-0.2, 0) is 16.1 Å². The lowest BCUT2D eigenvalue weighted by Gasteiger charge is -2.11. The zero-order valence-corrected chi connectivity index (χ0v) is 15.2. The first-order chi connectivity index (χ1) is 12.5. The van der Waals surface area contributed by atoms with Gasteiger partial charge in [0.2, 0.25) is 0 Å². The SMILES string of the molecule is CCOc1ccc(C(=O)OCC(=O)NCc2ccc(C)cc2)cc1OC. The van der Waals surface area contributed by atoms with Crippen LogP contribution in [0, 0.1) is 6.92 Å². The van der Waals surface area contributed by atoms with Gasteiger partial charge in [0.05, 0.1) is 19.3 Å². The van der Waals surface area contributed by atoms with Crippen LogP contribution in [0.15, 0.2) is 42.5 Å². The number of benzene rings is 2. The predicted molar refractivity (Wildman–Crippen MR) is 97.5 cm³/mol. The van der Waals surface area contributed by atoms with Gasteiger partial charge in [0.25, 0.3) is 5.91 Å². The number of carbonyl (C=O) groups is 2. The van der Waals surface area contributed by atoms with Crippen molar-refractivity contribution < 1.29 is 23.8 Å². The van der Waals surface area contributed by atoms with Gasteiger partial charge in [-0.3, -0.25) is 4.79 Å². The Morgan fingerprint density at radius 1 is 1.04 bits per heavy atom. The molecule has 0 bridgehead atoms. The number of hydrogen-bond donors (Lipinski definition) is 1. The Balaban J connectivity index is 1.85. The van der Waals surface area contributed by atoms with Gasteiger partial charge >= 0.3 is 5.97 Å². The van der Waals surface area contributed by atoms with Crippen LogP contribution in [0.25, 0.3) is 0 Å². The molecule has 0 aliphatic rings. The predicted octanol–water partition coefficient (Wildman–Crippen LogP) is 2.88. The minimum absolute atomic E-state index is 0.289. The summed E-state index contributed by atoms with van der Waals surface area (Å²) >= 11 is 0. The third-order valence-electron chi connectivity index (χ3n) is 3.64. The number of esters is 1. The van der Waals surface area contributed by atoms with Gasteiger partial charge in [-0.1, -0.05) is 29.8 Å². The molecule has 2 aromatic rings. The molecule has 0 fully saturated rings. The van der Waals surface area contributed by atoms with E-state index in [2.05, 4.69) is 5.32 Å². The van der Waals surface area contributed by atoms with Gasteiger partial charge in [-0.2, -0.15) is 0 Å². The standard InChI is InChI=1S/C20H23NO5/c1-4-25-17-10-9-16(11-18(17)24-3)20(23)26-13-19(22)21-12-15-7-5-14(2)6-8-15/h5-11H,4,12-13H2,1-3H3,(H,21,22). The highest BCUT2D eigenvalue weighted by Crippen LogP contribution is 2.28. The summed E-state index contributed by atoms with van der Waals surface area (Å²) < 4.78 is 15.6. The molecule has 0 aliphatic heterocycles. The molecule has 0 aromatic heterocycles. The van der Waals surface area contributed by atoms with Crippen LogP contribution < -0.4 is 14.8 Å². The Hall–Kier alpha value is -3.02. The van der Waals surface area contributed by atoms with Crippen molar-refractivity contribution in [2.24, 2.45) is 0 Å². The van der Waals surface area contributed by atoms with Gasteiger partial charge in [0.15, 0.2) is 18.1 Å². The summed E-state index contributed by atoms with van der Waals surface area (Å²) in [4.78, 5) is 23.9. The van der Waals surface area contributed by atoms with Crippen molar-refractivity contribution in [2.45, 2.75) is 20.4 Å². The average Bonchev–Trinajstić information content (AvgIpc) is 2.66. The van der Waals surface area contributed by atoms with Crippen molar-refractivity contribution in [3.8, 4) is 11.5 Å². The average molecular weight is 357 g/mol. The van der Waals surface area contributed by atoms with Gasteiger partial charge in [0.1, 0.15) is 0 Å². The number of amides is 1. The quantitative estimate of drug-likeness (QED) is 0.736. The molecule has 138 valence electrons. The van der Waals surface area contributed by atoms with E-state index in [0.717, 1.165) is 11.1 Å². The van der Waals surface area contributed by atoms with Crippen LogP contribution in [-0.4, -0.2) is 32.2 Å². The van der Waals surface area contributed by atoms with Crippen LogP contribution in [0.2, 0.25) is 0 Å². The Morgan fingerprint density at radius 3 is 2.42 bits per heavy atom. The van der Waals surface area contributed by atoms with Crippen LogP contribution in [0.3, 0.4) is 0 Å². The molecule has 0 radical (unpaired) electrons. The first-order valence-corrected chi connectivity index (χ1v) is 8.33. The van der Waals surface area contributed by atoms with Crippen molar-refractivity contribution in [3.05, 3.63) is 59.2 Å². The van der Waals surface area contributed by atoms with E-state index in [-0.39, 0.29) is 18.1 Å². The molecular formula is C20H23NO5.